The highest BCUT2D eigenvalue weighted by Gasteiger charge is 2.22. The normalized spacial score (nSPS) is 14.3. The second-order valence-corrected chi connectivity index (χ2v) is 6.56. The van der Waals surface area contributed by atoms with Crippen molar-refractivity contribution in [2.75, 3.05) is 45.3 Å². The highest BCUT2D eigenvalue weighted by molar-refractivity contribution is 5.80. The van der Waals surface area contributed by atoms with Crippen LogP contribution in [0.4, 0.5) is 5.69 Å². The summed E-state index contributed by atoms with van der Waals surface area (Å²) >= 11 is 0. The monoisotopic (exact) mass is 354 g/mol. The number of piperazine rings is 1. The molecule has 5 nitrogen and oxygen atoms in total. The van der Waals surface area contributed by atoms with Gasteiger partial charge in [-0.05, 0) is 42.8 Å². The van der Waals surface area contributed by atoms with Crippen molar-refractivity contribution in [3.63, 3.8) is 0 Å². The number of amides is 1. The maximum absolute atomic E-state index is 12.7. The van der Waals surface area contributed by atoms with Gasteiger partial charge < -0.3 is 19.3 Å². The number of carbonyl (C=O) groups is 1. The molecule has 1 heterocycles. The van der Waals surface area contributed by atoms with E-state index < -0.39 is 0 Å². The third kappa shape index (κ3) is 4.10. The number of nitrogens with zero attached hydrogens (tertiary/aromatic N) is 2. The standard InChI is InChI=1S/C21H26N2O3/c1-16-5-4-6-18(13-16)22-9-11-23(12-10-22)21(24)15-17-14-19(25-2)7-8-20(17)26-3/h4-8,13-14H,9-12,15H2,1-3H3. The Hall–Kier alpha value is -2.69. The molecule has 0 aliphatic carbocycles. The second kappa shape index (κ2) is 8.13. The highest BCUT2D eigenvalue weighted by Crippen LogP contribution is 2.25. The number of carbonyl (C=O) groups excluding carboxylic acids is 1. The molecular weight excluding hydrogens is 328 g/mol. The number of ether oxygens (including phenoxy) is 2. The highest BCUT2D eigenvalue weighted by atomic mass is 16.5. The van der Waals surface area contributed by atoms with Crippen LogP contribution < -0.4 is 14.4 Å². The van der Waals surface area contributed by atoms with Crippen LogP contribution in [-0.4, -0.2) is 51.2 Å². The fourth-order valence-corrected chi connectivity index (χ4v) is 3.33. The van der Waals surface area contributed by atoms with Crippen LogP contribution in [0.1, 0.15) is 11.1 Å². The van der Waals surface area contributed by atoms with Crippen molar-refractivity contribution in [3.05, 3.63) is 53.6 Å². The van der Waals surface area contributed by atoms with Crippen molar-refractivity contribution < 1.29 is 14.3 Å². The summed E-state index contributed by atoms with van der Waals surface area (Å²) in [6, 6.07) is 14.1. The summed E-state index contributed by atoms with van der Waals surface area (Å²) in [6.45, 7) is 5.28. The topological polar surface area (TPSA) is 42.0 Å². The Bertz CT molecular complexity index is 768. The SMILES string of the molecule is COc1ccc(OC)c(CC(=O)N2CCN(c3cccc(C)c3)CC2)c1. The van der Waals surface area contributed by atoms with E-state index in [0.717, 1.165) is 43.2 Å². The zero-order chi connectivity index (χ0) is 18.5. The van der Waals surface area contributed by atoms with Crippen molar-refractivity contribution in [2.24, 2.45) is 0 Å². The third-order valence-electron chi connectivity index (χ3n) is 4.83. The van der Waals surface area contributed by atoms with Gasteiger partial charge in [-0.2, -0.15) is 0 Å². The molecule has 2 aromatic carbocycles. The molecule has 5 heteroatoms. The minimum Gasteiger partial charge on any atom is -0.497 e. The predicted molar refractivity (Wildman–Crippen MR) is 103 cm³/mol. The summed E-state index contributed by atoms with van der Waals surface area (Å²) in [7, 11) is 3.24. The van der Waals surface area contributed by atoms with Crippen LogP contribution in [0.5, 0.6) is 11.5 Å². The fourth-order valence-electron chi connectivity index (χ4n) is 3.33. The molecular formula is C21H26N2O3. The quantitative estimate of drug-likeness (QED) is 0.828. The van der Waals surface area contributed by atoms with Crippen molar-refractivity contribution in [2.45, 2.75) is 13.3 Å². The molecule has 0 aromatic heterocycles. The molecule has 1 aliphatic heterocycles. The van der Waals surface area contributed by atoms with Crippen LogP contribution in [0.2, 0.25) is 0 Å². The van der Waals surface area contributed by atoms with Gasteiger partial charge in [-0.15, -0.1) is 0 Å². The number of hydrogen-bond acceptors (Lipinski definition) is 4. The van der Waals surface area contributed by atoms with Gasteiger partial charge in [0.25, 0.3) is 0 Å². The van der Waals surface area contributed by atoms with Crippen molar-refractivity contribution in [1.29, 1.82) is 0 Å². The van der Waals surface area contributed by atoms with Crippen LogP contribution in [0.25, 0.3) is 0 Å². The molecule has 138 valence electrons. The maximum Gasteiger partial charge on any atom is 0.227 e. The Morgan fingerprint density at radius 3 is 2.42 bits per heavy atom. The summed E-state index contributed by atoms with van der Waals surface area (Å²) in [6.07, 6.45) is 0.324. The summed E-state index contributed by atoms with van der Waals surface area (Å²) in [5, 5.41) is 0. The fraction of sp³-hybridized carbons (Fsp3) is 0.381. The van der Waals surface area contributed by atoms with E-state index in [1.54, 1.807) is 14.2 Å². The Balaban J connectivity index is 1.62. The van der Waals surface area contributed by atoms with Crippen molar-refractivity contribution in [1.82, 2.24) is 4.90 Å². The molecule has 0 unspecified atom stereocenters. The number of methoxy groups -OCH3 is 2. The molecule has 0 radical (unpaired) electrons. The first-order chi connectivity index (χ1) is 12.6. The molecule has 0 N–H and O–H groups in total. The number of anilines is 1. The van der Waals surface area contributed by atoms with E-state index in [4.69, 9.17) is 9.47 Å². The van der Waals surface area contributed by atoms with Crippen molar-refractivity contribution in [3.8, 4) is 11.5 Å². The van der Waals surface area contributed by atoms with Gasteiger partial charge in [0.2, 0.25) is 5.91 Å². The number of hydrogen-bond donors (Lipinski definition) is 0. The summed E-state index contributed by atoms with van der Waals surface area (Å²) in [5.41, 5.74) is 3.34. The molecule has 1 aliphatic rings. The molecule has 1 amide bonds. The van der Waals surface area contributed by atoms with Crippen LogP contribution in [0.3, 0.4) is 0 Å². The average molecular weight is 354 g/mol. The molecule has 0 saturated carbocycles. The lowest BCUT2D eigenvalue weighted by molar-refractivity contribution is -0.130. The van der Waals surface area contributed by atoms with E-state index in [0.29, 0.717) is 6.42 Å². The molecule has 2 aromatic rings. The van der Waals surface area contributed by atoms with E-state index in [9.17, 15) is 4.79 Å². The zero-order valence-electron chi connectivity index (χ0n) is 15.7. The van der Waals surface area contributed by atoms with Gasteiger partial charge in [0.1, 0.15) is 11.5 Å². The minimum atomic E-state index is 0.125. The molecule has 1 saturated heterocycles. The largest absolute Gasteiger partial charge is 0.497 e. The molecule has 3 rings (SSSR count). The van der Waals surface area contributed by atoms with Gasteiger partial charge in [0.05, 0.1) is 20.6 Å². The Kier molecular flexibility index (Phi) is 5.66. The molecule has 1 fully saturated rings. The molecule has 0 bridgehead atoms. The molecule has 0 spiro atoms. The maximum atomic E-state index is 12.7. The van der Waals surface area contributed by atoms with Gasteiger partial charge >= 0.3 is 0 Å². The van der Waals surface area contributed by atoms with E-state index in [-0.39, 0.29) is 5.91 Å². The molecule has 26 heavy (non-hydrogen) atoms. The first-order valence-electron chi connectivity index (χ1n) is 8.91. The minimum absolute atomic E-state index is 0.125. The Morgan fingerprint density at radius 1 is 1.00 bits per heavy atom. The van der Waals surface area contributed by atoms with E-state index >= 15 is 0 Å². The average Bonchev–Trinajstić information content (AvgIpc) is 2.68. The smallest absolute Gasteiger partial charge is 0.227 e. The van der Waals surface area contributed by atoms with E-state index in [2.05, 4.69) is 36.1 Å². The first kappa shape index (κ1) is 18.1. The van der Waals surface area contributed by atoms with Crippen LogP contribution in [0.15, 0.2) is 42.5 Å². The van der Waals surface area contributed by atoms with Crippen LogP contribution >= 0.6 is 0 Å². The lowest BCUT2D eigenvalue weighted by Gasteiger charge is -2.36. The Labute approximate surface area is 155 Å². The van der Waals surface area contributed by atoms with Crippen LogP contribution in [-0.2, 0) is 11.2 Å². The summed E-state index contributed by atoms with van der Waals surface area (Å²) in [4.78, 5) is 17.0. The lowest BCUT2D eigenvalue weighted by atomic mass is 10.1. The lowest BCUT2D eigenvalue weighted by Crippen LogP contribution is -2.49. The number of benzene rings is 2. The third-order valence-corrected chi connectivity index (χ3v) is 4.83. The van der Waals surface area contributed by atoms with E-state index in [1.165, 1.54) is 11.3 Å². The van der Waals surface area contributed by atoms with Crippen molar-refractivity contribution >= 4 is 11.6 Å². The van der Waals surface area contributed by atoms with E-state index in [1.807, 2.05) is 23.1 Å². The number of rotatable bonds is 5. The van der Waals surface area contributed by atoms with Gasteiger partial charge in [0.15, 0.2) is 0 Å². The van der Waals surface area contributed by atoms with Gasteiger partial charge in [-0.1, -0.05) is 12.1 Å². The number of aryl methyl sites for hydroxylation is 1. The zero-order valence-corrected chi connectivity index (χ0v) is 15.7. The first-order valence-corrected chi connectivity index (χ1v) is 8.91. The summed E-state index contributed by atoms with van der Waals surface area (Å²) < 4.78 is 10.7. The van der Waals surface area contributed by atoms with Gasteiger partial charge in [-0.3, -0.25) is 4.79 Å². The summed E-state index contributed by atoms with van der Waals surface area (Å²) in [5.74, 6) is 1.58. The van der Waals surface area contributed by atoms with Gasteiger partial charge in [-0.25, -0.2) is 0 Å². The van der Waals surface area contributed by atoms with Gasteiger partial charge in [0, 0.05) is 37.4 Å². The second-order valence-electron chi connectivity index (χ2n) is 6.56. The Morgan fingerprint density at radius 2 is 1.77 bits per heavy atom. The predicted octanol–water partition coefficient (Wildman–Crippen LogP) is 2.90. The van der Waals surface area contributed by atoms with Crippen LogP contribution in [0, 0.1) is 6.92 Å². The molecule has 0 atom stereocenters.